The molecule has 0 unspecified atom stereocenters. The van der Waals surface area contributed by atoms with Crippen molar-refractivity contribution in [2.24, 2.45) is 0 Å². The first-order valence-corrected chi connectivity index (χ1v) is 10.6. The van der Waals surface area contributed by atoms with Crippen LogP contribution in [0.2, 0.25) is 0 Å². The van der Waals surface area contributed by atoms with E-state index in [1.807, 2.05) is 45.0 Å². The molecule has 2 aromatic carbocycles. The number of nitriles is 1. The number of benzene rings is 2. The van der Waals surface area contributed by atoms with Crippen molar-refractivity contribution in [3.8, 4) is 17.5 Å². The minimum atomic E-state index is -0.681. The van der Waals surface area contributed by atoms with Crippen molar-refractivity contribution >= 4 is 23.1 Å². The van der Waals surface area contributed by atoms with Gasteiger partial charge in [-0.15, -0.1) is 0 Å². The van der Waals surface area contributed by atoms with E-state index in [0.717, 1.165) is 16.8 Å². The van der Waals surface area contributed by atoms with E-state index in [4.69, 9.17) is 0 Å². The van der Waals surface area contributed by atoms with Gasteiger partial charge in [0.2, 0.25) is 0 Å². The summed E-state index contributed by atoms with van der Waals surface area (Å²) in [6, 6.07) is 16.8. The van der Waals surface area contributed by atoms with Crippen molar-refractivity contribution in [1.82, 2.24) is 19.9 Å². The van der Waals surface area contributed by atoms with Gasteiger partial charge in [0.15, 0.2) is 5.82 Å². The highest BCUT2D eigenvalue weighted by molar-refractivity contribution is 6.04. The van der Waals surface area contributed by atoms with E-state index in [1.165, 1.54) is 6.33 Å². The molecule has 2 heterocycles. The fourth-order valence-corrected chi connectivity index (χ4v) is 3.27. The summed E-state index contributed by atoms with van der Waals surface area (Å²) in [7, 11) is 0. The molecule has 168 valence electrons. The third-order valence-electron chi connectivity index (χ3n) is 5.36. The summed E-state index contributed by atoms with van der Waals surface area (Å²) in [6.45, 7) is 5.62. The molecule has 0 spiro atoms. The Kier molecular flexibility index (Phi) is 6.28. The van der Waals surface area contributed by atoms with Crippen molar-refractivity contribution in [3.63, 3.8) is 0 Å². The lowest BCUT2D eigenvalue weighted by molar-refractivity contribution is 0.102. The highest BCUT2D eigenvalue weighted by atomic mass is 16.1. The summed E-state index contributed by atoms with van der Waals surface area (Å²) in [5.41, 5.74) is 3.72. The molecule has 0 radical (unpaired) electrons. The topological polar surface area (TPSA) is 116 Å². The lowest BCUT2D eigenvalue weighted by Crippen LogP contribution is -2.17. The van der Waals surface area contributed by atoms with Gasteiger partial charge in [0, 0.05) is 35.5 Å². The number of amides is 1. The zero-order valence-electron chi connectivity index (χ0n) is 19.1. The summed E-state index contributed by atoms with van der Waals surface area (Å²) in [5, 5.41) is 15.6. The van der Waals surface area contributed by atoms with Crippen LogP contribution < -0.4 is 10.6 Å². The average molecular weight is 450 g/mol. The second-order valence-corrected chi connectivity index (χ2v) is 8.32. The molecule has 2 aromatic heterocycles. The molecule has 0 fully saturated rings. The number of rotatable bonds is 6. The van der Waals surface area contributed by atoms with Gasteiger partial charge < -0.3 is 10.6 Å². The predicted molar refractivity (Wildman–Crippen MR) is 131 cm³/mol. The van der Waals surface area contributed by atoms with E-state index in [0.29, 0.717) is 28.5 Å². The van der Waals surface area contributed by atoms with Gasteiger partial charge in [-0.3, -0.25) is 4.79 Å². The maximum absolute atomic E-state index is 12.9. The highest BCUT2D eigenvalue weighted by Gasteiger charge is 2.21. The van der Waals surface area contributed by atoms with Crippen molar-refractivity contribution in [3.05, 3.63) is 90.1 Å². The zero-order valence-corrected chi connectivity index (χ0v) is 19.1. The van der Waals surface area contributed by atoms with E-state index in [2.05, 4.69) is 36.6 Å². The third-order valence-corrected chi connectivity index (χ3v) is 5.36. The van der Waals surface area contributed by atoms with Crippen LogP contribution in [0.25, 0.3) is 11.4 Å². The number of hydrogen-bond acceptors (Lipinski definition) is 7. The highest BCUT2D eigenvalue weighted by Crippen LogP contribution is 2.26. The standard InChI is InChI=1S/C26H23N7O/c1-17-7-8-21(31-25(34)18-5-4-6-20(11-18)26(2,3)15-27)12-22(17)32-23-9-10-30-24(33-23)19-13-28-16-29-14-19/h4-14,16H,1-3H3,(H,31,34)(H,30,32,33). The number of nitrogens with one attached hydrogen (secondary N) is 2. The molecule has 34 heavy (non-hydrogen) atoms. The Bertz CT molecular complexity index is 1380. The molecule has 0 saturated carbocycles. The Hall–Kier alpha value is -4.64. The van der Waals surface area contributed by atoms with Crippen LogP contribution in [0.4, 0.5) is 17.2 Å². The quantitative estimate of drug-likeness (QED) is 0.423. The Balaban J connectivity index is 1.54. The van der Waals surface area contributed by atoms with Crippen molar-refractivity contribution < 1.29 is 4.79 Å². The summed E-state index contributed by atoms with van der Waals surface area (Å²) in [6.07, 6.45) is 6.42. The molecule has 4 aromatic rings. The molecule has 4 rings (SSSR count). The maximum atomic E-state index is 12.9. The molecular weight excluding hydrogens is 426 g/mol. The largest absolute Gasteiger partial charge is 0.340 e. The van der Waals surface area contributed by atoms with Gasteiger partial charge in [-0.2, -0.15) is 5.26 Å². The molecule has 0 saturated heterocycles. The molecule has 0 aliphatic rings. The van der Waals surface area contributed by atoms with Crippen LogP contribution in [-0.4, -0.2) is 25.8 Å². The number of nitrogens with zero attached hydrogens (tertiary/aromatic N) is 5. The van der Waals surface area contributed by atoms with Gasteiger partial charge in [0.1, 0.15) is 12.1 Å². The first kappa shape index (κ1) is 22.6. The normalized spacial score (nSPS) is 10.9. The SMILES string of the molecule is Cc1ccc(NC(=O)c2cccc(C(C)(C)C#N)c2)cc1Nc1ccnc(-c2cncnc2)n1. The minimum Gasteiger partial charge on any atom is -0.340 e. The maximum Gasteiger partial charge on any atom is 0.255 e. The van der Waals surface area contributed by atoms with Crippen LogP contribution in [0.5, 0.6) is 0 Å². The molecule has 1 amide bonds. The van der Waals surface area contributed by atoms with Crippen LogP contribution in [-0.2, 0) is 5.41 Å². The lowest BCUT2D eigenvalue weighted by atomic mass is 9.85. The van der Waals surface area contributed by atoms with Crippen molar-refractivity contribution in [2.45, 2.75) is 26.2 Å². The van der Waals surface area contributed by atoms with E-state index < -0.39 is 5.41 Å². The van der Waals surface area contributed by atoms with E-state index in [1.54, 1.807) is 42.9 Å². The Labute approximate surface area is 197 Å². The number of aryl methyl sites for hydroxylation is 1. The predicted octanol–water partition coefficient (Wildman–Crippen LogP) is 5.04. The molecular formula is C26H23N7O. The molecule has 8 nitrogen and oxygen atoms in total. The van der Waals surface area contributed by atoms with Crippen molar-refractivity contribution in [1.29, 1.82) is 5.26 Å². The first-order valence-electron chi connectivity index (χ1n) is 10.6. The second kappa shape index (κ2) is 9.46. The Morgan fingerprint density at radius 2 is 1.85 bits per heavy atom. The van der Waals surface area contributed by atoms with Crippen LogP contribution in [0.1, 0.15) is 35.3 Å². The molecule has 0 aliphatic carbocycles. The lowest BCUT2D eigenvalue weighted by Gasteiger charge is -2.17. The summed E-state index contributed by atoms with van der Waals surface area (Å²) < 4.78 is 0. The van der Waals surface area contributed by atoms with Crippen LogP contribution >= 0.6 is 0 Å². The number of hydrogen-bond donors (Lipinski definition) is 2. The molecule has 0 bridgehead atoms. The van der Waals surface area contributed by atoms with Gasteiger partial charge in [-0.1, -0.05) is 18.2 Å². The average Bonchev–Trinajstić information content (AvgIpc) is 2.87. The van der Waals surface area contributed by atoms with Crippen molar-refractivity contribution in [2.75, 3.05) is 10.6 Å². The fourth-order valence-electron chi connectivity index (χ4n) is 3.27. The number of anilines is 3. The smallest absolute Gasteiger partial charge is 0.255 e. The second-order valence-electron chi connectivity index (χ2n) is 8.32. The summed E-state index contributed by atoms with van der Waals surface area (Å²) in [4.78, 5) is 29.7. The van der Waals surface area contributed by atoms with Gasteiger partial charge in [-0.25, -0.2) is 19.9 Å². The van der Waals surface area contributed by atoms with Crippen LogP contribution in [0, 0.1) is 18.3 Å². The summed E-state index contributed by atoms with van der Waals surface area (Å²) >= 11 is 0. The van der Waals surface area contributed by atoms with Crippen LogP contribution in [0.15, 0.2) is 73.4 Å². The number of carbonyl (C=O) groups is 1. The monoisotopic (exact) mass is 449 g/mol. The Morgan fingerprint density at radius 3 is 2.62 bits per heavy atom. The molecule has 8 heteroatoms. The fraction of sp³-hybridized carbons (Fsp3) is 0.154. The molecule has 0 aliphatic heterocycles. The third kappa shape index (κ3) is 5.05. The van der Waals surface area contributed by atoms with Gasteiger partial charge in [0.25, 0.3) is 5.91 Å². The van der Waals surface area contributed by atoms with E-state index in [-0.39, 0.29) is 5.91 Å². The van der Waals surface area contributed by atoms with Crippen LogP contribution in [0.3, 0.4) is 0 Å². The molecule has 2 N–H and O–H groups in total. The number of aromatic nitrogens is 4. The molecule has 0 atom stereocenters. The van der Waals surface area contributed by atoms with E-state index in [9.17, 15) is 10.1 Å². The van der Waals surface area contributed by atoms with E-state index >= 15 is 0 Å². The minimum absolute atomic E-state index is 0.251. The zero-order chi connectivity index (χ0) is 24.1. The first-order chi connectivity index (χ1) is 16.4. The van der Waals surface area contributed by atoms with Gasteiger partial charge in [-0.05, 0) is 62.2 Å². The number of carbonyl (C=O) groups excluding carboxylic acids is 1. The Morgan fingerprint density at radius 1 is 1.06 bits per heavy atom. The van der Waals surface area contributed by atoms with Gasteiger partial charge >= 0.3 is 0 Å². The van der Waals surface area contributed by atoms with Gasteiger partial charge in [0.05, 0.1) is 17.0 Å². The summed E-state index contributed by atoms with van der Waals surface area (Å²) in [5.74, 6) is 0.860.